The highest BCUT2D eigenvalue weighted by Crippen LogP contribution is 2.27. The van der Waals surface area contributed by atoms with Crippen LogP contribution in [0, 0.1) is 18.3 Å². The zero-order valence-corrected chi connectivity index (χ0v) is 15.1. The third-order valence-corrected chi connectivity index (χ3v) is 3.68. The van der Waals surface area contributed by atoms with Crippen LogP contribution in [0.2, 0.25) is 5.02 Å². The minimum absolute atomic E-state index is 0.00292. The van der Waals surface area contributed by atoms with Gasteiger partial charge in [-0.05, 0) is 56.2 Å². The number of para-hydroxylation sites is 1. The number of rotatable bonds is 5. The Morgan fingerprint density at radius 3 is 2.60 bits per heavy atom. The van der Waals surface area contributed by atoms with Crippen LogP contribution in [0.15, 0.2) is 48.0 Å². The molecule has 1 amide bonds. The average molecular weight is 355 g/mol. The maximum atomic E-state index is 12.3. The van der Waals surface area contributed by atoms with E-state index in [1.54, 1.807) is 24.3 Å². The highest BCUT2D eigenvalue weighted by atomic mass is 35.5. The van der Waals surface area contributed by atoms with Crippen LogP contribution >= 0.6 is 11.6 Å². The number of hydrogen-bond donors (Lipinski definition) is 1. The summed E-state index contributed by atoms with van der Waals surface area (Å²) in [5.74, 6) is 0.104. The van der Waals surface area contributed by atoms with Crippen LogP contribution < -0.4 is 10.1 Å². The molecule has 0 radical (unpaired) electrons. The largest absolute Gasteiger partial charge is 0.489 e. The first-order chi connectivity index (χ1) is 11.9. The van der Waals surface area contributed by atoms with E-state index in [0.29, 0.717) is 22.0 Å². The third-order valence-electron chi connectivity index (χ3n) is 3.39. The molecule has 0 atom stereocenters. The number of carbonyl (C=O) groups excluding carboxylic acids is 1. The van der Waals surface area contributed by atoms with Gasteiger partial charge in [0.2, 0.25) is 0 Å². The molecule has 25 heavy (non-hydrogen) atoms. The number of carbonyl (C=O) groups is 1. The van der Waals surface area contributed by atoms with Crippen molar-refractivity contribution in [2.45, 2.75) is 26.9 Å². The Hall–Kier alpha value is -2.77. The maximum Gasteiger partial charge on any atom is 0.266 e. The monoisotopic (exact) mass is 354 g/mol. The average Bonchev–Trinajstić information content (AvgIpc) is 2.56. The predicted octanol–water partition coefficient (Wildman–Crippen LogP) is 4.98. The van der Waals surface area contributed by atoms with E-state index in [1.165, 1.54) is 6.08 Å². The van der Waals surface area contributed by atoms with Gasteiger partial charge in [0, 0.05) is 5.69 Å². The van der Waals surface area contributed by atoms with Gasteiger partial charge in [0.15, 0.2) is 0 Å². The number of amides is 1. The van der Waals surface area contributed by atoms with Crippen molar-refractivity contribution in [3.05, 3.63) is 64.2 Å². The lowest BCUT2D eigenvalue weighted by atomic mass is 10.1. The van der Waals surface area contributed by atoms with E-state index < -0.39 is 5.91 Å². The molecular formula is C20H19ClN2O2. The van der Waals surface area contributed by atoms with Gasteiger partial charge in [-0.3, -0.25) is 4.79 Å². The van der Waals surface area contributed by atoms with E-state index in [-0.39, 0.29) is 11.7 Å². The summed E-state index contributed by atoms with van der Waals surface area (Å²) in [5, 5.41) is 12.5. The van der Waals surface area contributed by atoms with E-state index in [1.807, 2.05) is 45.0 Å². The molecule has 0 spiro atoms. The van der Waals surface area contributed by atoms with Crippen molar-refractivity contribution in [1.82, 2.24) is 0 Å². The molecule has 0 saturated carbocycles. The number of halogens is 1. The number of nitriles is 1. The van der Waals surface area contributed by atoms with Crippen LogP contribution in [0.3, 0.4) is 0 Å². The first-order valence-electron chi connectivity index (χ1n) is 7.85. The van der Waals surface area contributed by atoms with Crippen LogP contribution in [0.25, 0.3) is 6.08 Å². The summed E-state index contributed by atoms with van der Waals surface area (Å²) < 4.78 is 5.57. The molecule has 0 saturated heterocycles. The van der Waals surface area contributed by atoms with Gasteiger partial charge in [0.05, 0.1) is 11.1 Å². The lowest BCUT2D eigenvalue weighted by Gasteiger charge is -2.11. The quantitative estimate of drug-likeness (QED) is 0.608. The molecule has 1 N–H and O–H groups in total. The van der Waals surface area contributed by atoms with Crippen molar-refractivity contribution in [1.29, 1.82) is 5.26 Å². The molecule has 0 fully saturated rings. The Labute approximate surface area is 152 Å². The molecule has 128 valence electrons. The highest BCUT2D eigenvalue weighted by molar-refractivity contribution is 6.32. The Bertz CT molecular complexity index is 851. The van der Waals surface area contributed by atoms with Crippen molar-refractivity contribution in [2.75, 3.05) is 5.32 Å². The Balaban J connectivity index is 2.22. The zero-order valence-electron chi connectivity index (χ0n) is 14.3. The molecule has 0 bridgehead atoms. The summed E-state index contributed by atoms with van der Waals surface area (Å²) in [4.78, 5) is 12.3. The summed E-state index contributed by atoms with van der Waals surface area (Å²) in [6.07, 6.45) is 1.51. The molecule has 4 nitrogen and oxygen atoms in total. The fraction of sp³-hybridized carbons (Fsp3) is 0.200. The number of aryl methyl sites for hydroxylation is 1. The molecule has 2 aromatic carbocycles. The molecule has 2 rings (SSSR count). The summed E-state index contributed by atoms with van der Waals surface area (Å²) in [5.41, 5.74) is 2.24. The fourth-order valence-electron chi connectivity index (χ4n) is 2.17. The van der Waals surface area contributed by atoms with Crippen LogP contribution in [0.1, 0.15) is 25.0 Å². The second-order valence-electron chi connectivity index (χ2n) is 5.80. The fourth-order valence-corrected chi connectivity index (χ4v) is 2.41. The summed E-state index contributed by atoms with van der Waals surface area (Å²) in [6, 6.07) is 14.5. The second-order valence-corrected chi connectivity index (χ2v) is 6.20. The molecule has 0 aromatic heterocycles. The van der Waals surface area contributed by atoms with Gasteiger partial charge < -0.3 is 10.1 Å². The van der Waals surface area contributed by atoms with E-state index in [2.05, 4.69) is 5.32 Å². The van der Waals surface area contributed by atoms with E-state index >= 15 is 0 Å². The van der Waals surface area contributed by atoms with Crippen molar-refractivity contribution in [3.8, 4) is 11.8 Å². The normalized spacial score (nSPS) is 11.1. The minimum Gasteiger partial charge on any atom is -0.489 e. The summed E-state index contributed by atoms with van der Waals surface area (Å²) in [6.45, 7) is 5.71. The number of nitrogens with zero attached hydrogens (tertiary/aromatic N) is 1. The van der Waals surface area contributed by atoms with Gasteiger partial charge in [-0.25, -0.2) is 0 Å². The number of ether oxygens (including phenoxy) is 1. The SMILES string of the molecule is Cc1ccccc1NC(=O)/C(C#N)=C/c1ccc(OC(C)C)c(Cl)c1. The molecule has 0 unspecified atom stereocenters. The zero-order chi connectivity index (χ0) is 18.4. The molecule has 0 aliphatic carbocycles. The van der Waals surface area contributed by atoms with E-state index in [9.17, 15) is 10.1 Å². The van der Waals surface area contributed by atoms with Gasteiger partial charge in [0.1, 0.15) is 17.4 Å². The van der Waals surface area contributed by atoms with E-state index in [0.717, 1.165) is 5.56 Å². The Morgan fingerprint density at radius 1 is 1.28 bits per heavy atom. The van der Waals surface area contributed by atoms with Gasteiger partial charge in [0.25, 0.3) is 5.91 Å². The summed E-state index contributed by atoms with van der Waals surface area (Å²) in [7, 11) is 0. The molecule has 5 heteroatoms. The highest BCUT2D eigenvalue weighted by Gasteiger charge is 2.11. The standard InChI is InChI=1S/C20H19ClN2O2/c1-13(2)25-19-9-8-15(11-17(19)21)10-16(12-22)20(24)23-18-7-5-4-6-14(18)3/h4-11,13H,1-3H3,(H,23,24)/b16-10+. The first-order valence-corrected chi connectivity index (χ1v) is 8.23. The number of benzene rings is 2. The van der Waals surface area contributed by atoms with Crippen molar-refractivity contribution >= 4 is 29.3 Å². The van der Waals surface area contributed by atoms with Crippen LogP contribution in [-0.4, -0.2) is 12.0 Å². The lowest BCUT2D eigenvalue weighted by Crippen LogP contribution is -2.14. The number of hydrogen-bond acceptors (Lipinski definition) is 3. The molecular weight excluding hydrogens is 336 g/mol. The smallest absolute Gasteiger partial charge is 0.266 e. The summed E-state index contributed by atoms with van der Waals surface area (Å²) >= 11 is 6.19. The van der Waals surface area contributed by atoms with Gasteiger partial charge >= 0.3 is 0 Å². The molecule has 0 aliphatic heterocycles. The topological polar surface area (TPSA) is 62.1 Å². The lowest BCUT2D eigenvalue weighted by molar-refractivity contribution is -0.112. The van der Waals surface area contributed by atoms with Crippen LogP contribution in [-0.2, 0) is 4.79 Å². The van der Waals surface area contributed by atoms with Gasteiger partial charge in [-0.1, -0.05) is 35.9 Å². The maximum absolute atomic E-state index is 12.3. The van der Waals surface area contributed by atoms with Gasteiger partial charge in [-0.15, -0.1) is 0 Å². The number of nitrogens with one attached hydrogen (secondary N) is 1. The molecule has 2 aromatic rings. The number of anilines is 1. The Kier molecular flexibility index (Phi) is 6.21. The van der Waals surface area contributed by atoms with Crippen LogP contribution in [0.5, 0.6) is 5.75 Å². The predicted molar refractivity (Wildman–Crippen MR) is 101 cm³/mol. The van der Waals surface area contributed by atoms with Crippen LogP contribution in [0.4, 0.5) is 5.69 Å². The Morgan fingerprint density at radius 2 is 2.00 bits per heavy atom. The molecule has 0 aliphatic rings. The van der Waals surface area contributed by atoms with Gasteiger partial charge in [-0.2, -0.15) is 5.26 Å². The second kappa shape index (κ2) is 8.36. The first kappa shape index (κ1) is 18.6. The third kappa shape index (κ3) is 5.10. The van der Waals surface area contributed by atoms with E-state index in [4.69, 9.17) is 16.3 Å². The van der Waals surface area contributed by atoms with Crippen molar-refractivity contribution < 1.29 is 9.53 Å². The molecule has 0 heterocycles. The minimum atomic E-state index is -0.463. The van der Waals surface area contributed by atoms with Crippen molar-refractivity contribution in [3.63, 3.8) is 0 Å². The van der Waals surface area contributed by atoms with Crippen molar-refractivity contribution in [2.24, 2.45) is 0 Å².